The molecule has 2 rings (SSSR count). The summed E-state index contributed by atoms with van der Waals surface area (Å²) in [6.45, 7) is 12.6. The van der Waals surface area contributed by atoms with Crippen LogP contribution >= 0.6 is 0 Å². The van der Waals surface area contributed by atoms with E-state index in [1.807, 2.05) is 0 Å². The van der Waals surface area contributed by atoms with Gasteiger partial charge in [0.15, 0.2) is 0 Å². The van der Waals surface area contributed by atoms with Crippen LogP contribution in [0.15, 0.2) is 0 Å². The summed E-state index contributed by atoms with van der Waals surface area (Å²) in [5.74, 6) is 0.889. The first-order chi connectivity index (χ1) is 9.84. The molecule has 2 aliphatic rings. The lowest BCUT2D eigenvalue weighted by molar-refractivity contribution is 0.0663. The first kappa shape index (κ1) is 17.2. The van der Waals surface area contributed by atoms with Crippen LogP contribution in [0.2, 0.25) is 0 Å². The summed E-state index contributed by atoms with van der Waals surface area (Å²) < 4.78 is 0. The third-order valence-electron chi connectivity index (χ3n) is 5.32. The Morgan fingerprint density at radius 2 is 1.76 bits per heavy atom. The zero-order chi connectivity index (χ0) is 15.5. The van der Waals surface area contributed by atoms with Crippen molar-refractivity contribution in [3.8, 4) is 0 Å². The molecule has 0 aromatic heterocycles. The third-order valence-corrected chi connectivity index (χ3v) is 5.32. The van der Waals surface area contributed by atoms with Crippen LogP contribution in [0.4, 0.5) is 0 Å². The third kappa shape index (κ3) is 5.54. The van der Waals surface area contributed by atoms with E-state index in [1.165, 1.54) is 45.1 Å². The normalized spacial score (nSPS) is 30.9. The molecule has 0 bridgehead atoms. The average Bonchev–Trinajstić information content (AvgIpc) is 3.23. The molecule has 2 aliphatic carbocycles. The topological polar surface area (TPSA) is 35.5 Å². The maximum Gasteiger partial charge on any atom is 0.0558 e. The molecule has 0 amide bonds. The van der Waals surface area contributed by atoms with Gasteiger partial charge >= 0.3 is 0 Å². The molecule has 21 heavy (non-hydrogen) atoms. The molecule has 2 fully saturated rings. The van der Waals surface area contributed by atoms with Crippen LogP contribution in [0.3, 0.4) is 0 Å². The summed E-state index contributed by atoms with van der Waals surface area (Å²) in [5, 5.41) is 13.1. The van der Waals surface area contributed by atoms with Crippen molar-refractivity contribution in [2.75, 3.05) is 26.2 Å². The molecule has 0 aliphatic heterocycles. The van der Waals surface area contributed by atoms with E-state index in [0.29, 0.717) is 12.0 Å². The Labute approximate surface area is 131 Å². The molecule has 0 radical (unpaired) electrons. The molecule has 2 N–H and O–H groups in total. The van der Waals surface area contributed by atoms with Gasteiger partial charge in [0.05, 0.1) is 6.61 Å². The molecule has 0 heterocycles. The Bertz CT molecular complexity index is 312. The van der Waals surface area contributed by atoms with Gasteiger partial charge in [-0.1, -0.05) is 19.8 Å². The summed E-state index contributed by atoms with van der Waals surface area (Å²) in [7, 11) is 0. The van der Waals surface area contributed by atoms with Crippen LogP contribution in [0.25, 0.3) is 0 Å². The summed E-state index contributed by atoms with van der Waals surface area (Å²) >= 11 is 0. The second-order valence-corrected chi connectivity index (χ2v) is 8.71. The quantitative estimate of drug-likeness (QED) is 0.758. The van der Waals surface area contributed by atoms with Gasteiger partial charge in [-0.2, -0.15) is 0 Å². The Morgan fingerprint density at radius 3 is 2.24 bits per heavy atom. The van der Waals surface area contributed by atoms with Gasteiger partial charge < -0.3 is 10.4 Å². The van der Waals surface area contributed by atoms with Crippen molar-refractivity contribution >= 4 is 0 Å². The van der Waals surface area contributed by atoms with Crippen LogP contribution in [0.5, 0.6) is 0 Å². The van der Waals surface area contributed by atoms with Gasteiger partial charge in [0.2, 0.25) is 0 Å². The maximum atomic E-state index is 9.37. The number of aliphatic hydroxyl groups excluding tert-OH is 1. The highest BCUT2D eigenvalue weighted by atomic mass is 16.3. The molecule has 0 atom stereocenters. The predicted octanol–water partition coefficient (Wildman–Crippen LogP) is 3.03. The zero-order valence-corrected chi connectivity index (χ0v) is 14.6. The SMILES string of the molecule is CC1CCC(CNC(C)(C)C)(CN(CCO)C2CC2)CC1. The Morgan fingerprint density at radius 1 is 1.14 bits per heavy atom. The number of nitrogens with one attached hydrogen (secondary N) is 1. The summed E-state index contributed by atoms with van der Waals surface area (Å²) in [6, 6.07) is 0.753. The first-order valence-electron chi connectivity index (χ1n) is 8.93. The van der Waals surface area contributed by atoms with Crippen molar-refractivity contribution in [2.45, 2.75) is 77.8 Å². The molecule has 0 aromatic rings. The van der Waals surface area contributed by atoms with Gasteiger partial charge in [0.25, 0.3) is 0 Å². The molecule has 3 nitrogen and oxygen atoms in total. The number of hydrogen-bond acceptors (Lipinski definition) is 3. The lowest BCUT2D eigenvalue weighted by atomic mass is 9.70. The van der Waals surface area contributed by atoms with Gasteiger partial charge in [-0.15, -0.1) is 0 Å². The van der Waals surface area contributed by atoms with Crippen molar-refractivity contribution in [1.29, 1.82) is 0 Å². The number of aliphatic hydroxyl groups is 1. The van der Waals surface area contributed by atoms with Crippen molar-refractivity contribution in [3.63, 3.8) is 0 Å². The summed E-state index contributed by atoms with van der Waals surface area (Å²) in [6.07, 6.45) is 8.07. The van der Waals surface area contributed by atoms with Crippen LogP contribution in [-0.2, 0) is 0 Å². The minimum absolute atomic E-state index is 0.192. The smallest absolute Gasteiger partial charge is 0.0558 e. The van der Waals surface area contributed by atoms with Gasteiger partial charge in [-0.3, -0.25) is 4.90 Å². The van der Waals surface area contributed by atoms with E-state index < -0.39 is 0 Å². The number of nitrogens with zero attached hydrogens (tertiary/aromatic N) is 1. The van der Waals surface area contributed by atoms with E-state index in [2.05, 4.69) is 37.9 Å². The fraction of sp³-hybridized carbons (Fsp3) is 1.00. The molecule has 0 spiro atoms. The lowest BCUT2D eigenvalue weighted by Crippen LogP contribution is -2.51. The fourth-order valence-corrected chi connectivity index (χ4v) is 3.61. The highest BCUT2D eigenvalue weighted by Gasteiger charge is 2.39. The van der Waals surface area contributed by atoms with E-state index in [0.717, 1.165) is 25.0 Å². The van der Waals surface area contributed by atoms with Gasteiger partial charge in [-0.05, 0) is 57.8 Å². The summed E-state index contributed by atoms with van der Waals surface area (Å²) in [4.78, 5) is 2.57. The van der Waals surface area contributed by atoms with Crippen LogP contribution < -0.4 is 5.32 Å². The maximum absolute atomic E-state index is 9.37. The highest BCUT2D eigenvalue weighted by molar-refractivity contribution is 4.94. The molecular formula is C18H36N2O. The molecular weight excluding hydrogens is 260 g/mol. The van der Waals surface area contributed by atoms with E-state index in [-0.39, 0.29) is 5.54 Å². The van der Waals surface area contributed by atoms with Crippen LogP contribution in [-0.4, -0.2) is 47.8 Å². The van der Waals surface area contributed by atoms with E-state index in [1.54, 1.807) is 0 Å². The van der Waals surface area contributed by atoms with Crippen LogP contribution in [0, 0.1) is 11.3 Å². The van der Waals surface area contributed by atoms with Crippen molar-refractivity contribution < 1.29 is 5.11 Å². The first-order valence-corrected chi connectivity index (χ1v) is 8.93. The zero-order valence-electron chi connectivity index (χ0n) is 14.6. The molecule has 124 valence electrons. The largest absolute Gasteiger partial charge is 0.395 e. The molecule has 2 saturated carbocycles. The Balaban J connectivity index is 2.00. The van der Waals surface area contributed by atoms with Crippen LogP contribution in [0.1, 0.15) is 66.2 Å². The minimum atomic E-state index is 0.192. The second kappa shape index (κ2) is 6.97. The summed E-state index contributed by atoms with van der Waals surface area (Å²) in [5.41, 5.74) is 0.606. The molecule has 0 saturated heterocycles. The van der Waals surface area contributed by atoms with Crippen molar-refractivity contribution in [1.82, 2.24) is 10.2 Å². The van der Waals surface area contributed by atoms with Gasteiger partial charge in [0.1, 0.15) is 0 Å². The minimum Gasteiger partial charge on any atom is -0.395 e. The number of hydrogen-bond donors (Lipinski definition) is 2. The Hall–Kier alpha value is -0.120. The number of rotatable bonds is 7. The monoisotopic (exact) mass is 296 g/mol. The van der Waals surface area contributed by atoms with Gasteiger partial charge in [-0.25, -0.2) is 0 Å². The molecule has 0 unspecified atom stereocenters. The van der Waals surface area contributed by atoms with E-state index in [4.69, 9.17) is 0 Å². The average molecular weight is 296 g/mol. The molecule has 3 heteroatoms. The Kier molecular flexibility index (Phi) is 5.72. The van der Waals surface area contributed by atoms with Gasteiger partial charge in [0, 0.05) is 31.2 Å². The highest BCUT2D eigenvalue weighted by Crippen LogP contribution is 2.41. The van der Waals surface area contributed by atoms with E-state index in [9.17, 15) is 5.11 Å². The van der Waals surface area contributed by atoms with Crippen molar-refractivity contribution in [2.24, 2.45) is 11.3 Å². The predicted molar refractivity (Wildman–Crippen MR) is 89.5 cm³/mol. The lowest BCUT2D eigenvalue weighted by Gasteiger charge is -2.44. The second-order valence-electron chi connectivity index (χ2n) is 8.71. The molecule has 0 aromatic carbocycles. The van der Waals surface area contributed by atoms with Crippen molar-refractivity contribution in [3.05, 3.63) is 0 Å². The standard InChI is InChI=1S/C18H36N2O/c1-15-7-9-18(10-8-15,13-19-17(2,3)4)14-20(11-12-21)16-5-6-16/h15-16,19,21H,5-14H2,1-4H3. The van der Waals surface area contributed by atoms with E-state index >= 15 is 0 Å². The fourth-order valence-electron chi connectivity index (χ4n) is 3.61.